The van der Waals surface area contributed by atoms with Crippen molar-refractivity contribution in [3.05, 3.63) is 39.9 Å². The fourth-order valence-corrected chi connectivity index (χ4v) is 5.85. The van der Waals surface area contributed by atoms with Crippen molar-refractivity contribution in [3.8, 4) is 0 Å². The van der Waals surface area contributed by atoms with Gasteiger partial charge in [0.15, 0.2) is 0 Å². The summed E-state index contributed by atoms with van der Waals surface area (Å²) < 4.78 is 17.7. The summed E-state index contributed by atoms with van der Waals surface area (Å²) in [6, 6.07) is 3.06. The predicted molar refractivity (Wildman–Crippen MR) is 170 cm³/mol. The van der Waals surface area contributed by atoms with E-state index in [1.807, 2.05) is 18.7 Å². The first-order valence-corrected chi connectivity index (χ1v) is 16.1. The molecule has 2 N–H and O–H groups in total. The molecule has 2 heterocycles. The Balaban J connectivity index is 0.000000307. The average molecular weight is 576 g/mol. The van der Waals surface area contributed by atoms with Crippen LogP contribution in [0.5, 0.6) is 0 Å². The van der Waals surface area contributed by atoms with Crippen molar-refractivity contribution in [3.63, 3.8) is 0 Å². The smallest absolute Gasteiger partial charge is 0.341 e. The average Bonchev–Trinajstić information content (AvgIpc) is 2.96. The molecule has 0 saturated carbocycles. The molecule has 1 aromatic heterocycles. The highest BCUT2D eigenvalue weighted by Crippen LogP contribution is 2.26. The van der Waals surface area contributed by atoms with Crippen LogP contribution < -0.4 is 15.6 Å². The molecule has 0 spiro atoms. The van der Waals surface area contributed by atoms with Gasteiger partial charge in [-0.15, -0.1) is 0 Å². The number of aryl methyl sites for hydroxylation is 1. The van der Waals surface area contributed by atoms with Crippen molar-refractivity contribution in [1.29, 1.82) is 0 Å². The largest absolute Gasteiger partial charge is 0.477 e. The normalized spacial score (nSPS) is 15.6. The fourth-order valence-electron chi connectivity index (χ4n) is 5.85. The molecule has 1 unspecified atom stereocenters. The summed E-state index contributed by atoms with van der Waals surface area (Å²) in [7, 11) is 0. The third-order valence-corrected chi connectivity index (χ3v) is 8.37. The maximum atomic E-state index is 14.6. The first kappa shape index (κ1) is 34.7. The second-order valence-corrected chi connectivity index (χ2v) is 11.7. The lowest BCUT2D eigenvalue weighted by Gasteiger charge is -2.39. The van der Waals surface area contributed by atoms with E-state index in [1.54, 1.807) is 10.6 Å². The lowest BCUT2D eigenvalue weighted by Crippen LogP contribution is -2.50. The van der Waals surface area contributed by atoms with Crippen LogP contribution in [0.25, 0.3) is 10.9 Å². The van der Waals surface area contributed by atoms with E-state index in [9.17, 15) is 19.1 Å². The van der Waals surface area contributed by atoms with E-state index >= 15 is 0 Å². The Bertz CT molecular complexity index is 1110. The Morgan fingerprint density at radius 1 is 0.976 bits per heavy atom. The molecule has 1 atom stereocenters. The number of quaternary nitrogens is 1. The number of carboxylic acid groups (broad SMARTS) is 1. The van der Waals surface area contributed by atoms with Crippen LogP contribution in [0.1, 0.15) is 103 Å². The number of pyridine rings is 1. The standard InChI is InChI=1S/C17H20FN3O3.C16H36N/c1-3-20-9-12(17(23)24)16(22)11-6-13(18)15(7-14(11)20)21-5-4-19-10(2)8-21;1-5-9-13-17(14-10-6-2,15-11-7-3)16-12-8-4/h6-7,9-10,19H,3-5,8H2,1-2H3,(H,23,24);5-16H2,1-4H3/q;+1. The van der Waals surface area contributed by atoms with Crippen LogP contribution in [0.15, 0.2) is 23.1 Å². The number of benzene rings is 1. The maximum Gasteiger partial charge on any atom is 0.341 e. The Hall–Kier alpha value is -2.45. The van der Waals surface area contributed by atoms with Crippen LogP contribution in [-0.4, -0.2) is 72.0 Å². The van der Waals surface area contributed by atoms with E-state index in [2.05, 4.69) is 33.0 Å². The van der Waals surface area contributed by atoms with Crippen molar-refractivity contribution >= 4 is 22.6 Å². The molecule has 0 aliphatic carbocycles. The zero-order valence-electron chi connectivity index (χ0n) is 26.6. The highest BCUT2D eigenvalue weighted by Gasteiger charge is 2.25. The maximum absolute atomic E-state index is 14.6. The highest BCUT2D eigenvalue weighted by molar-refractivity contribution is 5.93. The molecular formula is C33H56FN4O3+. The molecule has 1 aromatic carbocycles. The first-order valence-electron chi connectivity index (χ1n) is 16.1. The Morgan fingerprint density at radius 3 is 1.95 bits per heavy atom. The number of unbranched alkanes of at least 4 members (excludes halogenated alkanes) is 4. The van der Waals surface area contributed by atoms with Gasteiger partial charge in [-0.1, -0.05) is 53.4 Å². The Morgan fingerprint density at radius 2 is 1.51 bits per heavy atom. The number of fused-ring (bicyclic) bond motifs is 1. The van der Waals surface area contributed by atoms with Gasteiger partial charge in [0, 0.05) is 43.8 Å². The minimum atomic E-state index is -1.30. The second-order valence-electron chi connectivity index (χ2n) is 11.7. The monoisotopic (exact) mass is 575 g/mol. The van der Waals surface area contributed by atoms with Gasteiger partial charge < -0.3 is 24.4 Å². The van der Waals surface area contributed by atoms with Crippen molar-refractivity contribution in [2.45, 2.75) is 105 Å². The molecule has 1 aliphatic rings. The molecule has 8 heteroatoms. The van der Waals surface area contributed by atoms with Gasteiger partial charge in [-0.05, 0) is 51.7 Å². The Kier molecular flexibility index (Phi) is 14.8. The van der Waals surface area contributed by atoms with Crippen LogP contribution in [0.2, 0.25) is 0 Å². The number of nitrogens with one attached hydrogen (secondary N) is 1. The van der Waals surface area contributed by atoms with E-state index in [1.165, 1.54) is 88.2 Å². The van der Waals surface area contributed by atoms with E-state index in [4.69, 9.17) is 0 Å². The number of piperazine rings is 1. The number of aromatic carboxylic acids is 1. The molecule has 232 valence electrons. The molecule has 0 bridgehead atoms. The van der Waals surface area contributed by atoms with Gasteiger partial charge in [-0.2, -0.15) is 0 Å². The number of hydrogen-bond donors (Lipinski definition) is 2. The van der Waals surface area contributed by atoms with Gasteiger partial charge in [-0.25, -0.2) is 9.18 Å². The molecule has 0 radical (unpaired) electrons. The van der Waals surface area contributed by atoms with Gasteiger partial charge in [0.05, 0.1) is 37.4 Å². The number of halogens is 1. The number of carboxylic acids is 1. The predicted octanol–water partition coefficient (Wildman–Crippen LogP) is 6.66. The minimum Gasteiger partial charge on any atom is -0.477 e. The number of rotatable bonds is 15. The van der Waals surface area contributed by atoms with E-state index in [-0.39, 0.29) is 17.0 Å². The summed E-state index contributed by atoms with van der Waals surface area (Å²) in [4.78, 5) is 25.5. The molecule has 0 amide bonds. The Labute approximate surface area is 247 Å². The minimum absolute atomic E-state index is 0.0983. The van der Waals surface area contributed by atoms with Crippen LogP contribution in [0, 0.1) is 5.82 Å². The number of carbonyl (C=O) groups is 1. The van der Waals surface area contributed by atoms with Crippen LogP contribution in [0.4, 0.5) is 10.1 Å². The number of nitrogens with zero attached hydrogens (tertiary/aromatic N) is 3. The van der Waals surface area contributed by atoms with E-state index in [0.717, 1.165) is 12.6 Å². The summed E-state index contributed by atoms with van der Waals surface area (Å²) in [6.07, 6.45) is 12.4. The van der Waals surface area contributed by atoms with Crippen molar-refractivity contribution in [1.82, 2.24) is 9.88 Å². The van der Waals surface area contributed by atoms with Crippen LogP contribution in [0.3, 0.4) is 0 Å². The second kappa shape index (κ2) is 17.5. The highest BCUT2D eigenvalue weighted by atomic mass is 19.1. The van der Waals surface area contributed by atoms with E-state index in [0.29, 0.717) is 30.8 Å². The SMILES string of the molecule is CCCC[N+](CCCC)(CCCC)CCCC.CCn1cc(C(=O)O)c(=O)c2cc(F)c(N3CCNC(C)C3)cc21. The summed E-state index contributed by atoms with van der Waals surface area (Å²) in [6.45, 7) is 21.5. The molecule has 3 rings (SSSR count). The zero-order chi connectivity index (χ0) is 30.4. The molecular weight excluding hydrogens is 519 g/mol. The third-order valence-electron chi connectivity index (χ3n) is 8.37. The zero-order valence-corrected chi connectivity index (χ0v) is 26.6. The van der Waals surface area contributed by atoms with Gasteiger partial charge in [0.1, 0.15) is 11.4 Å². The summed E-state index contributed by atoms with van der Waals surface area (Å²) >= 11 is 0. The summed E-state index contributed by atoms with van der Waals surface area (Å²) in [5.41, 5.74) is 0.00392. The molecule has 1 saturated heterocycles. The van der Waals surface area contributed by atoms with Crippen LogP contribution >= 0.6 is 0 Å². The summed E-state index contributed by atoms with van der Waals surface area (Å²) in [5, 5.41) is 12.6. The van der Waals surface area contributed by atoms with Gasteiger partial charge >= 0.3 is 5.97 Å². The van der Waals surface area contributed by atoms with E-state index < -0.39 is 17.2 Å². The van der Waals surface area contributed by atoms with Crippen molar-refractivity contribution in [2.24, 2.45) is 0 Å². The number of anilines is 1. The lowest BCUT2D eigenvalue weighted by molar-refractivity contribution is -0.929. The van der Waals surface area contributed by atoms with Gasteiger partial charge in [0.2, 0.25) is 5.43 Å². The molecule has 7 nitrogen and oxygen atoms in total. The number of hydrogen-bond acceptors (Lipinski definition) is 4. The van der Waals surface area contributed by atoms with Crippen molar-refractivity contribution < 1.29 is 18.8 Å². The first-order chi connectivity index (χ1) is 19.7. The van der Waals surface area contributed by atoms with Crippen molar-refractivity contribution in [2.75, 3.05) is 50.7 Å². The number of aromatic nitrogens is 1. The van der Waals surface area contributed by atoms with Gasteiger partial charge in [-0.3, -0.25) is 4.79 Å². The topological polar surface area (TPSA) is 74.6 Å². The molecule has 41 heavy (non-hydrogen) atoms. The van der Waals surface area contributed by atoms with Gasteiger partial charge in [0.25, 0.3) is 0 Å². The molecule has 1 fully saturated rings. The molecule has 1 aliphatic heterocycles. The third kappa shape index (κ3) is 9.81. The lowest BCUT2D eigenvalue weighted by atomic mass is 10.1. The summed E-state index contributed by atoms with van der Waals surface area (Å²) in [5.74, 6) is -1.80. The van der Waals surface area contributed by atoms with Crippen LogP contribution in [-0.2, 0) is 6.54 Å². The quantitative estimate of drug-likeness (QED) is 0.232. The fraction of sp³-hybridized carbons (Fsp3) is 0.697. The molecule has 2 aromatic rings.